The normalized spacial score (nSPS) is 18.4. The van der Waals surface area contributed by atoms with Crippen LogP contribution >= 0.6 is 11.6 Å². The third-order valence-electron chi connectivity index (χ3n) is 3.52. The molecule has 1 unspecified atom stereocenters. The Morgan fingerprint density at radius 1 is 1.43 bits per heavy atom. The van der Waals surface area contributed by atoms with Gasteiger partial charge in [0.05, 0.1) is 16.7 Å². The van der Waals surface area contributed by atoms with Gasteiger partial charge in [-0.25, -0.2) is 0 Å². The lowest BCUT2D eigenvalue weighted by molar-refractivity contribution is -0.114. The Balaban J connectivity index is 2.13. The van der Waals surface area contributed by atoms with Gasteiger partial charge in [0.25, 0.3) is 5.91 Å². The summed E-state index contributed by atoms with van der Waals surface area (Å²) in [5.74, 6) is -0.278. The number of methoxy groups -OCH3 is 1. The molecule has 1 fully saturated rings. The lowest BCUT2D eigenvalue weighted by atomic mass is 10.1. The summed E-state index contributed by atoms with van der Waals surface area (Å²) in [6, 6.07) is 4.92. The molecular weight excluding hydrogens is 292 g/mol. The molecule has 1 aromatic carbocycles. The van der Waals surface area contributed by atoms with Crippen LogP contribution in [0.1, 0.15) is 30.1 Å². The minimum atomic E-state index is -0.177. The molecule has 0 aromatic heterocycles. The van der Waals surface area contributed by atoms with Crippen molar-refractivity contribution in [3.8, 4) is 0 Å². The van der Waals surface area contributed by atoms with E-state index in [1.807, 2.05) is 0 Å². The lowest BCUT2D eigenvalue weighted by Crippen LogP contribution is -2.43. The van der Waals surface area contributed by atoms with Crippen molar-refractivity contribution >= 4 is 29.1 Å². The number of nitrogens with one attached hydrogen (secondary N) is 1. The highest BCUT2D eigenvalue weighted by Crippen LogP contribution is 2.24. The summed E-state index contributed by atoms with van der Waals surface area (Å²) in [6.07, 6.45) is 1.97. The summed E-state index contributed by atoms with van der Waals surface area (Å²) >= 11 is 6.17. The monoisotopic (exact) mass is 310 g/mol. The fourth-order valence-corrected chi connectivity index (χ4v) is 2.72. The number of hydrogen-bond donors (Lipinski definition) is 1. The number of amides is 2. The van der Waals surface area contributed by atoms with E-state index >= 15 is 0 Å². The van der Waals surface area contributed by atoms with Crippen molar-refractivity contribution in [2.24, 2.45) is 0 Å². The third-order valence-corrected chi connectivity index (χ3v) is 3.83. The van der Waals surface area contributed by atoms with Gasteiger partial charge in [-0.3, -0.25) is 9.59 Å². The predicted octanol–water partition coefficient (Wildman–Crippen LogP) is 2.55. The summed E-state index contributed by atoms with van der Waals surface area (Å²) < 4.78 is 5.33. The minimum Gasteiger partial charge on any atom is -0.380 e. The minimum absolute atomic E-state index is 0.0835. The molecule has 0 spiro atoms. The van der Waals surface area contributed by atoms with Gasteiger partial charge in [-0.15, -0.1) is 0 Å². The molecule has 1 atom stereocenters. The van der Waals surface area contributed by atoms with Crippen LogP contribution in [0.15, 0.2) is 18.2 Å². The number of rotatable bonds is 3. The van der Waals surface area contributed by atoms with Gasteiger partial charge in [0.1, 0.15) is 0 Å². The summed E-state index contributed by atoms with van der Waals surface area (Å²) in [6.45, 7) is 2.72. The van der Waals surface area contributed by atoms with Crippen LogP contribution in [0.25, 0.3) is 0 Å². The molecule has 1 N–H and O–H groups in total. The van der Waals surface area contributed by atoms with E-state index in [2.05, 4.69) is 5.32 Å². The number of hydrogen-bond acceptors (Lipinski definition) is 3. The maximum Gasteiger partial charge on any atom is 0.255 e. The first-order valence-electron chi connectivity index (χ1n) is 6.90. The zero-order valence-corrected chi connectivity index (χ0v) is 12.9. The first-order chi connectivity index (χ1) is 10.0. The lowest BCUT2D eigenvalue weighted by Gasteiger charge is -2.32. The molecule has 2 rings (SSSR count). The Kier molecular flexibility index (Phi) is 5.20. The largest absolute Gasteiger partial charge is 0.380 e. The Morgan fingerprint density at radius 2 is 2.19 bits per heavy atom. The van der Waals surface area contributed by atoms with Crippen molar-refractivity contribution < 1.29 is 14.3 Å². The number of ether oxygens (including phenoxy) is 1. The van der Waals surface area contributed by atoms with Crippen molar-refractivity contribution in [2.45, 2.75) is 25.9 Å². The van der Waals surface area contributed by atoms with E-state index in [4.69, 9.17) is 16.3 Å². The highest BCUT2D eigenvalue weighted by Gasteiger charge is 2.25. The van der Waals surface area contributed by atoms with Gasteiger partial charge in [0, 0.05) is 32.8 Å². The fourth-order valence-electron chi connectivity index (χ4n) is 2.45. The average molecular weight is 311 g/mol. The van der Waals surface area contributed by atoms with Crippen LogP contribution in [0, 0.1) is 0 Å². The molecule has 21 heavy (non-hydrogen) atoms. The van der Waals surface area contributed by atoms with E-state index in [9.17, 15) is 9.59 Å². The first-order valence-corrected chi connectivity index (χ1v) is 7.28. The highest BCUT2D eigenvalue weighted by molar-refractivity contribution is 6.34. The second kappa shape index (κ2) is 6.91. The second-order valence-electron chi connectivity index (χ2n) is 5.13. The van der Waals surface area contributed by atoms with Gasteiger partial charge < -0.3 is 15.0 Å². The van der Waals surface area contributed by atoms with E-state index in [1.54, 1.807) is 30.2 Å². The van der Waals surface area contributed by atoms with Gasteiger partial charge in [-0.2, -0.15) is 0 Å². The maximum atomic E-state index is 12.5. The number of halogens is 1. The van der Waals surface area contributed by atoms with E-state index in [-0.39, 0.29) is 17.9 Å². The quantitative estimate of drug-likeness (QED) is 0.933. The third kappa shape index (κ3) is 3.95. The number of carbonyl (C=O) groups is 2. The predicted molar refractivity (Wildman–Crippen MR) is 81.7 cm³/mol. The number of anilines is 1. The number of nitrogens with zero attached hydrogens (tertiary/aromatic N) is 1. The zero-order valence-electron chi connectivity index (χ0n) is 12.2. The molecule has 1 saturated heterocycles. The Bertz CT molecular complexity index is 548. The van der Waals surface area contributed by atoms with Crippen LogP contribution < -0.4 is 5.32 Å². The summed E-state index contributed by atoms with van der Waals surface area (Å²) in [5.41, 5.74) is 1.03. The average Bonchev–Trinajstić information content (AvgIpc) is 2.46. The smallest absolute Gasteiger partial charge is 0.255 e. The van der Waals surface area contributed by atoms with Gasteiger partial charge >= 0.3 is 0 Å². The van der Waals surface area contributed by atoms with Crippen molar-refractivity contribution in [1.29, 1.82) is 0 Å². The number of likely N-dealkylation sites (tertiary alicyclic amines) is 1. The topological polar surface area (TPSA) is 58.6 Å². The van der Waals surface area contributed by atoms with Gasteiger partial charge in [0.15, 0.2) is 0 Å². The molecule has 5 nitrogen and oxygen atoms in total. The second-order valence-corrected chi connectivity index (χ2v) is 5.53. The molecule has 1 aromatic rings. The molecule has 0 aliphatic carbocycles. The molecule has 0 radical (unpaired) electrons. The summed E-state index contributed by atoms with van der Waals surface area (Å²) in [4.78, 5) is 25.3. The standard InChI is InChI=1S/C15H19ClN2O3/c1-10(19)17-11-5-6-13(14(16)8-11)15(20)18-7-3-4-12(9-18)21-2/h5-6,8,12H,3-4,7,9H2,1-2H3,(H,17,19). The van der Waals surface area contributed by atoms with Crippen LogP contribution in [0.4, 0.5) is 5.69 Å². The molecule has 1 aliphatic rings. The molecular formula is C15H19ClN2O3. The van der Waals surface area contributed by atoms with E-state index in [0.717, 1.165) is 12.8 Å². The van der Waals surface area contributed by atoms with Gasteiger partial charge in [-0.05, 0) is 31.0 Å². The maximum absolute atomic E-state index is 12.5. The molecule has 2 amide bonds. The fraction of sp³-hybridized carbons (Fsp3) is 0.467. The Morgan fingerprint density at radius 3 is 2.81 bits per heavy atom. The van der Waals surface area contributed by atoms with E-state index in [1.165, 1.54) is 6.92 Å². The van der Waals surface area contributed by atoms with Crippen LogP contribution in [-0.4, -0.2) is 43.0 Å². The zero-order chi connectivity index (χ0) is 15.4. The van der Waals surface area contributed by atoms with Crippen molar-refractivity contribution in [2.75, 3.05) is 25.5 Å². The number of piperidine rings is 1. The van der Waals surface area contributed by atoms with Crippen LogP contribution in [-0.2, 0) is 9.53 Å². The van der Waals surface area contributed by atoms with Crippen molar-refractivity contribution in [3.05, 3.63) is 28.8 Å². The summed E-state index contributed by atoms with van der Waals surface area (Å²) in [7, 11) is 1.66. The Labute approximate surface area is 129 Å². The number of carbonyl (C=O) groups excluding carboxylic acids is 2. The molecule has 0 saturated carbocycles. The SMILES string of the molecule is COC1CCCN(C(=O)c2ccc(NC(C)=O)cc2Cl)C1. The van der Waals surface area contributed by atoms with Gasteiger partial charge in [0.2, 0.25) is 5.91 Å². The van der Waals surface area contributed by atoms with Crippen LogP contribution in [0.5, 0.6) is 0 Å². The Hall–Kier alpha value is -1.59. The van der Waals surface area contributed by atoms with Crippen molar-refractivity contribution in [3.63, 3.8) is 0 Å². The highest BCUT2D eigenvalue weighted by atomic mass is 35.5. The van der Waals surface area contributed by atoms with Gasteiger partial charge in [-0.1, -0.05) is 11.6 Å². The molecule has 1 aliphatic heterocycles. The van der Waals surface area contributed by atoms with Crippen LogP contribution in [0.3, 0.4) is 0 Å². The van der Waals surface area contributed by atoms with Crippen molar-refractivity contribution in [1.82, 2.24) is 4.90 Å². The van der Waals surface area contributed by atoms with E-state index < -0.39 is 0 Å². The molecule has 6 heteroatoms. The molecule has 0 bridgehead atoms. The molecule has 114 valence electrons. The first kappa shape index (κ1) is 15.8. The molecule has 1 heterocycles. The van der Waals surface area contributed by atoms with E-state index in [0.29, 0.717) is 29.4 Å². The number of benzene rings is 1. The van der Waals surface area contributed by atoms with Crippen LogP contribution in [0.2, 0.25) is 5.02 Å². The summed E-state index contributed by atoms with van der Waals surface area (Å²) in [5, 5.41) is 2.98.